The van der Waals surface area contributed by atoms with Gasteiger partial charge in [0.05, 0.1) is 13.2 Å². The molecule has 0 radical (unpaired) electrons. The molecule has 1 aliphatic heterocycles. The number of benzene rings is 1. The van der Waals surface area contributed by atoms with Crippen molar-refractivity contribution in [2.24, 2.45) is 0 Å². The molecule has 0 saturated carbocycles. The van der Waals surface area contributed by atoms with E-state index >= 15 is 0 Å². The Morgan fingerprint density at radius 2 is 1.95 bits per heavy atom. The number of piperazine rings is 1. The minimum Gasteiger partial charge on any atom is -0.496 e. The predicted molar refractivity (Wildman–Crippen MR) is 66.1 cm³/mol. The minimum atomic E-state index is -2.54. The molecule has 0 spiro atoms. The van der Waals surface area contributed by atoms with Crippen LogP contribution in [-0.2, 0) is 0 Å². The Kier molecular flexibility index (Phi) is 4.66. The van der Waals surface area contributed by atoms with Gasteiger partial charge in [0.1, 0.15) is 11.6 Å². The van der Waals surface area contributed by atoms with Gasteiger partial charge in [0.25, 0.3) is 6.43 Å². The molecule has 0 aromatic heterocycles. The van der Waals surface area contributed by atoms with Crippen LogP contribution in [0.2, 0.25) is 0 Å². The fourth-order valence-corrected chi connectivity index (χ4v) is 2.38. The van der Waals surface area contributed by atoms with E-state index in [4.69, 9.17) is 4.74 Å². The average molecular weight is 274 g/mol. The minimum absolute atomic E-state index is 0.170. The number of alkyl halides is 2. The lowest BCUT2D eigenvalue weighted by Gasteiger charge is -2.35. The van der Waals surface area contributed by atoms with Gasteiger partial charge in [-0.25, -0.2) is 13.2 Å². The first kappa shape index (κ1) is 14.1. The summed E-state index contributed by atoms with van der Waals surface area (Å²) in [6.45, 7) is 2.42. The van der Waals surface area contributed by atoms with Crippen molar-refractivity contribution in [3.8, 4) is 5.75 Å². The maximum atomic E-state index is 13.4. The number of nitrogens with zero attached hydrogens (tertiary/aromatic N) is 1. The van der Waals surface area contributed by atoms with Gasteiger partial charge in [-0.2, -0.15) is 0 Å². The highest BCUT2D eigenvalue weighted by molar-refractivity contribution is 5.37. The van der Waals surface area contributed by atoms with E-state index in [1.54, 1.807) is 4.90 Å². The molecule has 0 bridgehead atoms. The quantitative estimate of drug-likeness (QED) is 0.909. The van der Waals surface area contributed by atoms with E-state index in [0.29, 0.717) is 31.7 Å². The third kappa shape index (κ3) is 3.19. The van der Waals surface area contributed by atoms with Crippen LogP contribution in [0.15, 0.2) is 18.2 Å². The molecule has 6 heteroatoms. The molecule has 1 saturated heterocycles. The SMILES string of the molecule is COc1cc(F)ccc1[C@H](C(F)F)N1CCNCC1. The summed E-state index contributed by atoms with van der Waals surface area (Å²) in [5, 5.41) is 3.12. The molecule has 1 heterocycles. The lowest BCUT2D eigenvalue weighted by Crippen LogP contribution is -2.47. The maximum absolute atomic E-state index is 13.4. The number of nitrogens with one attached hydrogen (secondary N) is 1. The van der Waals surface area contributed by atoms with E-state index in [9.17, 15) is 13.2 Å². The Morgan fingerprint density at radius 1 is 1.26 bits per heavy atom. The smallest absolute Gasteiger partial charge is 0.258 e. The highest BCUT2D eigenvalue weighted by Crippen LogP contribution is 2.34. The van der Waals surface area contributed by atoms with Crippen molar-refractivity contribution in [1.82, 2.24) is 10.2 Å². The van der Waals surface area contributed by atoms with Gasteiger partial charge in [0, 0.05) is 37.8 Å². The molecule has 0 unspecified atom stereocenters. The second-order valence-electron chi connectivity index (χ2n) is 4.45. The number of rotatable bonds is 4. The molecule has 2 rings (SSSR count). The zero-order valence-electron chi connectivity index (χ0n) is 10.7. The highest BCUT2D eigenvalue weighted by atomic mass is 19.3. The first-order valence-electron chi connectivity index (χ1n) is 6.20. The van der Waals surface area contributed by atoms with Gasteiger partial charge in [-0.05, 0) is 6.07 Å². The molecule has 1 aromatic carbocycles. The van der Waals surface area contributed by atoms with Crippen molar-refractivity contribution in [2.45, 2.75) is 12.5 Å². The van der Waals surface area contributed by atoms with Crippen LogP contribution in [0.1, 0.15) is 11.6 Å². The third-order valence-corrected chi connectivity index (χ3v) is 3.30. The number of methoxy groups -OCH3 is 1. The van der Waals surface area contributed by atoms with E-state index in [1.807, 2.05) is 0 Å². The monoisotopic (exact) mass is 274 g/mol. The molecule has 106 valence electrons. The molecular weight excluding hydrogens is 257 g/mol. The molecular formula is C13H17F3N2O. The molecule has 1 aliphatic rings. The molecule has 0 aliphatic carbocycles. The second kappa shape index (κ2) is 6.25. The van der Waals surface area contributed by atoms with Crippen LogP contribution in [0.4, 0.5) is 13.2 Å². The van der Waals surface area contributed by atoms with E-state index < -0.39 is 18.3 Å². The first-order valence-corrected chi connectivity index (χ1v) is 6.20. The zero-order chi connectivity index (χ0) is 13.8. The Bertz CT molecular complexity index is 422. The van der Waals surface area contributed by atoms with Gasteiger partial charge in [0.2, 0.25) is 0 Å². The summed E-state index contributed by atoms with van der Waals surface area (Å²) in [5.74, 6) is -0.322. The molecule has 1 fully saturated rings. The number of ether oxygens (including phenoxy) is 1. The summed E-state index contributed by atoms with van der Waals surface area (Å²) < 4.78 is 44.9. The van der Waals surface area contributed by atoms with Crippen LogP contribution in [-0.4, -0.2) is 44.6 Å². The van der Waals surface area contributed by atoms with Gasteiger partial charge in [-0.1, -0.05) is 6.07 Å². The van der Waals surface area contributed by atoms with Gasteiger partial charge < -0.3 is 10.1 Å². The van der Waals surface area contributed by atoms with Crippen LogP contribution in [0.3, 0.4) is 0 Å². The van der Waals surface area contributed by atoms with Crippen molar-refractivity contribution in [1.29, 1.82) is 0 Å². The number of halogens is 3. The van der Waals surface area contributed by atoms with Crippen molar-refractivity contribution >= 4 is 0 Å². The molecule has 19 heavy (non-hydrogen) atoms. The van der Waals surface area contributed by atoms with Crippen molar-refractivity contribution in [3.05, 3.63) is 29.6 Å². The molecule has 0 amide bonds. The maximum Gasteiger partial charge on any atom is 0.258 e. The predicted octanol–water partition coefficient (Wildman–Crippen LogP) is 2.05. The topological polar surface area (TPSA) is 24.5 Å². The van der Waals surface area contributed by atoms with Gasteiger partial charge in [-0.3, -0.25) is 4.90 Å². The average Bonchev–Trinajstić information content (AvgIpc) is 2.41. The van der Waals surface area contributed by atoms with E-state index in [-0.39, 0.29) is 5.75 Å². The zero-order valence-corrected chi connectivity index (χ0v) is 10.7. The van der Waals surface area contributed by atoms with Crippen LogP contribution in [0.5, 0.6) is 5.75 Å². The lowest BCUT2D eigenvalue weighted by molar-refractivity contribution is 0.0170. The first-order chi connectivity index (χ1) is 9.13. The Hall–Kier alpha value is -1.27. The largest absolute Gasteiger partial charge is 0.496 e. The van der Waals surface area contributed by atoms with E-state index in [0.717, 1.165) is 6.07 Å². The second-order valence-corrected chi connectivity index (χ2v) is 4.45. The van der Waals surface area contributed by atoms with E-state index in [2.05, 4.69) is 5.32 Å². The van der Waals surface area contributed by atoms with Crippen molar-refractivity contribution in [3.63, 3.8) is 0 Å². The van der Waals surface area contributed by atoms with Crippen LogP contribution >= 0.6 is 0 Å². The van der Waals surface area contributed by atoms with Crippen LogP contribution in [0.25, 0.3) is 0 Å². The Morgan fingerprint density at radius 3 is 2.53 bits per heavy atom. The van der Waals surface area contributed by atoms with Crippen molar-refractivity contribution < 1.29 is 17.9 Å². The molecule has 1 aromatic rings. The normalized spacial score (nSPS) is 18.6. The fourth-order valence-electron chi connectivity index (χ4n) is 2.38. The van der Waals surface area contributed by atoms with Crippen LogP contribution in [0, 0.1) is 5.82 Å². The summed E-state index contributed by atoms with van der Waals surface area (Å²) in [6.07, 6.45) is -2.54. The summed E-state index contributed by atoms with van der Waals surface area (Å²) in [4.78, 5) is 1.71. The van der Waals surface area contributed by atoms with Gasteiger partial charge in [-0.15, -0.1) is 0 Å². The Labute approximate surface area is 110 Å². The number of hydrogen-bond donors (Lipinski definition) is 1. The Balaban J connectivity index is 2.32. The summed E-state index contributed by atoms with van der Waals surface area (Å²) >= 11 is 0. The molecule has 1 N–H and O–H groups in total. The molecule has 1 atom stereocenters. The van der Waals surface area contributed by atoms with Gasteiger partial charge in [0.15, 0.2) is 0 Å². The summed E-state index contributed by atoms with van der Waals surface area (Å²) in [5.41, 5.74) is 0.334. The summed E-state index contributed by atoms with van der Waals surface area (Å²) in [6, 6.07) is 2.66. The standard InChI is InChI=1S/C13H17F3N2O/c1-19-11-8-9(14)2-3-10(11)12(13(15)16)18-6-4-17-5-7-18/h2-3,8,12-13,17H,4-7H2,1H3/t12-/m1/s1. The van der Waals surface area contributed by atoms with E-state index in [1.165, 1.54) is 19.2 Å². The lowest BCUT2D eigenvalue weighted by atomic mass is 10.0. The van der Waals surface area contributed by atoms with Crippen LogP contribution < -0.4 is 10.1 Å². The molecule has 3 nitrogen and oxygen atoms in total. The number of hydrogen-bond acceptors (Lipinski definition) is 3. The van der Waals surface area contributed by atoms with Crippen molar-refractivity contribution in [2.75, 3.05) is 33.3 Å². The highest BCUT2D eigenvalue weighted by Gasteiger charge is 2.32. The third-order valence-electron chi connectivity index (χ3n) is 3.30. The fraction of sp³-hybridized carbons (Fsp3) is 0.538. The van der Waals surface area contributed by atoms with Gasteiger partial charge >= 0.3 is 0 Å². The summed E-state index contributed by atoms with van der Waals surface area (Å²) in [7, 11) is 1.36.